The van der Waals surface area contributed by atoms with E-state index in [0.717, 1.165) is 25.8 Å². The highest BCUT2D eigenvalue weighted by Crippen LogP contribution is 2.36. The molecule has 0 aromatic heterocycles. The Morgan fingerprint density at radius 3 is 2.44 bits per heavy atom. The van der Waals surface area contributed by atoms with Crippen LogP contribution in [0.4, 0.5) is 0 Å². The highest BCUT2D eigenvalue weighted by Gasteiger charge is 2.08. The van der Waals surface area contributed by atoms with Crippen LogP contribution in [0.3, 0.4) is 0 Å². The van der Waals surface area contributed by atoms with Crippen LogP contribution >= 0.6 is 31.9 Å². The third-order valence-electron chi connectivity index (χ3n) is 2.33. The van der Waals surface area contributed by atoms with Gasteiger partial charge >= 0.3 is 0 Å². The van der Waals surface area contributed by atoms with Gasteiger partial charge in [-0.1, -0.05) is 50.1 Å². The molecule has 0 heterocycles. The molecule has 0 bridgehead atoms. The van der Waals surface area contributed by atoms with E-state index < -0.39 is 0 Å². The highest BCUT2D eigenvalue weighted by molar-refractivity contribution is 9.11. The van der Waals surface area contributed by atoms with Crippen molar-refractivity contribution >= 4 is 31.9 Å². The van der Waals surface area contributed by atoms with Gasteiger partial charge in [0.15, 0.2) is 0 Å². The van der Waals surface area contributed by atoms with Crippen molar-refractivity contribution in [1.82, 2.24) is 0 Å². The number of hydrogen-bond acceptors (Lipinski definition) is 1. The minimum atomic E-state index is 0.876. The zero-order valence-electron chi connectivity index (χ0n) is 8.71. The van der Waals surface area contributed by atoms with Crippen molar-refractivity contribution in [2.75, 3.05) is 7.11 Å². The Labute approximate surface area is 112 Å². The van der Waals surface area contributed by atoms with Crippen LogP contribution < -0.4 is 4.74 Å². The fourth-order valence-electron chi connectivity index (χ4n) is 1.57. The Morgan fingerprint density at radius 2 is 1.69 bits per heavy atom. The van der Waals surface area contributed by atoms with Crippen LogP contribution in [0.25, 0.3) is 11.1 Å². The number of benzene rings is 2. The van der Waals surface area contributed by atoms with Crippen molar-refractivity contribution in [3.63, 3.8) is 0 Å². The van der Waals surface area contributed by atoms with Crippen molar-refractivity contribution in [1.29, 1.82) is 0 Å². The lowest BCUT2D eigenvalue weighted by atomic mass is 10.1. The summed E-state index contributed by atoms with van der Waals surface area (Å²) in [6, 6.07) is 14.1. The molecule has 0 atom stereocenters. The molecule has 0 aliphatic carbocycles. The van der Waals surface area contributed by atoms with Crippen molar-refractivity contribution in [2.45, 2.75) is 0 Å². The SMILES string of the molecule is COc1ccccc1-c1cc(Br)ccc1Br. The van der Waals surface area contributed by atoms with Crippen LogP contribution in [0.2, 0.25) is 0 Å². The predicted octanol–water partition coefficient (Wildman–Crippen LogP) is 4.89. The molecule has 0 N–H and O–H groups in total. The minimum absolute atomic E-state index is 0.876. The van der Waals surface area contributed by atoms with Crippen LogP contribution in [-0.2, 0) is 0 Å². The van der Waals surface area contributed by atoms with E-state index in [1.54, 1.807) is 7.11 Å². The summed E-state index contributed by atoms with van der Waals surface area (Å²) in [4.78, 5) is 0. The number of ether oxygens (including phenoxy) is 1. The summed E-state index contributed by atoms with van der Waals surface area (Å²) in [5.41, 5.74) is 2.20. The monoisotopic (exact) mass is 340 g/mol. The number of hydrogen-bond donors (Lipinski definition) is 0. The summed E-state index contributed by atoms with van der Waals surface area (Å²) < 4.78 is 7.47. The van der Waals surface area contributed by atoms with E-state index in [-0.39, 0.29) is 0 Å². The van der Waals surface area contributed by atoms with Crippen LogP contribution in [0.1, 0.15) is 0 Å². The van der Waals surface area contributed by atoms with E-state index >= 15 is 0 Å². The summed E-state index contributed by atoms with van der Waals surface area (Å²) in [7, 11) is 1.69. The van der Waals surface area contributed by atoms with Crippen LogP contribution in [0.5, 0.6) is 5.75 Å². The molecule has 2 rings (SSSR count). The number of rotatable bonds is 2. The molecule has 0 saturated carbocycles. The van der Waals surface area contributed by atoms with E-state index in [2.05, 4.69) is 37.9 Å². The fraction of sp³-hybridized carbons (Fsp3) is 0.0769. The maximum Gasteiger partial charge on any atom is 0.126 e. The third kappa shape index (κ3) is 2.30. The minimum Gasteiger partial charge on any atom is -0.496 e. The Morgan fingerprint density at radius 1 is 0.938 bits per heavy atom. The normalized spacial score (nSPS) is 10.2. The van der Waals surface area contributed by atoms with Gasteiger partial charge in [0.1, 0.15) is 5.75 Å². The average molecular weight is 342 g/mol. The van der Waals surface area contributed by atoms with Gasteiger partial charge < -0.3 is 4.74 Å². The van der Waals surface area contributed by atoms with Gasteiger partial charge in [-0.05, 0) is 24.3 Å². The lowest BCUT2D eigenvalue weighted by molar-refractivity contribution is 0.416. The van der Waals surface area contributed by atoms with Crippen molar-refractivity contribution in [3.05, 3.63) is 51.4 Å². The summed E-state index contributed by atoms with van der Waals surface area (Å²) in [5, 5.41) is 0. The van der Waals surface area contributed by atoms with Gasteiger partial charge in [0, 0.05) is 20.1 Å². The van der Waals surface area contributed by atoms with E-state index in [9.17, 15) is 0 Å². The molecule has 2 aromatic rings. The zero-order valence-corrected chi connectivity index (χ0v) is 11.9. The quantitative estimate of drug-likeness (QED) is 0.755. The van der Waals surface area contributed by atoms with Crippen LogP contribution in [0, 0.1) is 0 Å². The first-order valence-corrected chi connectivity index (χ1v) is 6.39. The first kappa shape index (κ1) is 11.7. The molecule has 0 aliphatic rings. The molecule has 16 heavy (non-hydrogen) atoms. The maximum absolute atomic E-state index is 5.36. The molecular formula is C13H10Br2O. The Bertz CT molecular complexity index is 509. The number of halogens is 2. The lowest BCUT2D eigenvalue weighted by Gasteiger charge is -2.10. The maximum atomic E-state index is 5.36. The molecule has 0 unspecified atom stereocenters. The number of para-hydroxylation sites is 1. The van der Waals surface area contributed by atoms with Gasteiger partial charge in [0.05, 0.1) is 7.11 Å². The molecule has 82 valence electrons. The summed E-state index contributed by atoms with van der Waals surface area (Å²) in [5.74, 6) is 0.876. The van der Waals surface area contributed by atoms with Gasteiger partial charge in [-0.2, -0.15) is 0 Å². The van der Waals surface area contributed by atoms with Gasteiger partial charge in [-0.3, -0.25) is 0 Å². The van der Waals surface area contributed by atoms with E-state index in [1.807, 2.05) is 36.4 Å². The highest BCUT2D eigenvalue weighted by atomic mass is 79.9. The smallest absolute Gasteiger partial charge is 0.126 e. The molecule has 2 aromatic carbocycles. The molecule has 0 spiro atoms. The molecule has 0 fully saturated rings. The molecule has 0 saturated heterocycles. The molecule has 0 amide bonds. The second-order valence-electron chi connectivity index (χ2n) is 3.32. The molecule has 0 aliphatic heterocycles. The zero-order chi connectivity index (χ0) is 11.5. The van der Waals surface area contributed by atoms with E-state index in [4.69, 9.17) is 4.74 Å². The predicted molar refractivity (Wildman–Crippen MR) is 73.8 cm³/mol. The fourth-order valence-corrected chi connectivity index (χ4v) is 2.39. The molecule has 1 nitrogen and oxygen atoms in total. The summed E-state index contributed by atoms with van der Waals surface area (Å²) in [6.07, 6.45) is 0. The Hall–Kier alpha value is -0.800. The van der Waals surface area contributed by atoms with Crippen molar-refractivity contribution in [3.8, 4) is 16.9 Å². The topological polar surface area (TPSA) is 9.23 Å². The Balaban J connectivity index is 2.62. The van der Waals surface area contributed by atoms with Crippen LogP contribution in [0.15, 0.2) is 51.4 Å². The van der Waals surface area contributed by atoms with Crippen LogP contribution in [-0.4, -0.2) is 7.11 Å². The second-order valence-corrected chi connectivity index (χ2v) is 5.09. The van der Waals surface area contributed by atoms with E-state index in [0.29, 0.717) is 0 Å². The number of methoxy groups -OCH3 is 1. The van der Waals surface area contributed by atoms with E-state index in [1.165, 1.54) is 0 Å². The molecular weight excluding hydrogens is 332 g/mol. The largest absolute Gasteiger partial charge is 0.496 e. The van der Waals surface area contributed by atoms with Gasteiger partial charge in [-0.25, -0.2) is 0 Å². The second kappa shape index (κ2) is 5.02. The molecule has 0 radical (unpaired) electrons. The first-order valence-electron chi connectivity index (χ1n) is 4.81. The van der Waals surface area contributed by atoms with Crippen molar-refractivity contribution < 1.29 is 4.74 Å². The summed E-state index contributed by atoms with van der Waals surface area (Å²) in [6.45, 7) is 0. The van der Waals surface area contributed by atoms with Gasteiger partial charge in [0.25, 0.3) is 0 Å². The Kier molecular flexibility index (Phi) is 3.66. The van der Waals surface area contributed by atoms with Gasteiger partial charge in [-0.15, -0.1) is 0 Å². The third-order valence-corrected chi connectivity index (χ3v) is 3.51. The average Bonchev–Trinajstić information content (AvgIpc) is 2.32. The lowest BCUT2D eigenvalue weighted by Crippen LogP contribution is -1.88. The van der Waals surface area contributed by atoms with Crippen molar-refractivity contribution in [2.24, 2.45) is 0 Å². The van der Waals surface area contributed by atoms with Gasteiger partial charge in [0.2, 0.25) is 0 Å². The molecule has 3 heteroatoms. The first-order chi connectivity index (χ1) is 7.72. The summed E-state index contributed by atoms with van der Waals surface area (Å²) >= 11 is 7.03. The standard InChI is InChI=1S/C13H10Br2O/c1-16-13-5-3-2-4-10(13)11-8-9(14)6-7-12(11)15/h2-8H,1H3.